The minimum absolute atomic E-state index is 0.107. The number of ether oxygens (including phenoxy) is 1. The van der Waals surface area contributed by atoms with E-state index in [0.717, 1.165) is 31.1 Å². The van der Waals surface area contributed by atoms with Gasteiger partial charge in [-0.3, -0.25) is 0 Å². The van der Waals surface area contributed by atoms with Crippen molar-refractivity contribution in [2.24, 2.45) is 0 Å². The lowest BCUT2D eigenvalue weighted by Crippen LogP contribution is -3.42. The van der Waals surface area contributed by atoms with E-state index in [4.69, 9.17) is 4.74 Å². The topological polar surface area (TPSA) is 32.8 Å². The fourth-order valence-corrected chi connectivity index (χ4v) is 2.44. The zero-order chi connectivity index (χ0) is 10.3. The van der Waals surface area contributed by atoms with Crippen LogP contribution in [0.5, 0.6) is 0 Å². The van der Waals surface area contributed by atoms with Crippen LogP contribution in [0.15, 0.2) is 11.5 Å². The van der Waals surface area contributed by atoms with Gasteiger partial charge in [-0.25, -0.2) is 4.79 Å². The second-order valence-corrected chi connectivity index (χ2v) is 5.01. The Hall–Kier alpha value is -0.300. The highest BCUT2D eigenvalue weighted by Gasteiger charge is 2.35. The number of hydrogen-bond acceptors (Lipinski definition) is 4. The van der Waals surface area contributed by atoms with Gasteiger partial charge in [0.1, 0.15) is 11.8 Å². The van der Waals surface area contributed by atoms with Crippen molar-refractivity contribution in [1.82, 2.24) is 8.01 Å². The molecule has 0 aromatic rings. The molecule has 0 N–H and O–H groups in total. The molecule has 2 aliphatic rings. The van der Waals surface area contributed by atoms with Crippen LogP contribution in [0.2, 0.25) is 0 Å². The summed E-state index contributed by atoms with van der Waals surface area (Å²) in [6, 6.07) is -0.107. The Labute approximate surface area is 97.4 Å². The molecule has 0 aromatic heterocycles. The van der Waals surface area contributed by atoms with Crippen LogP contribution in [-0.2, 0) is 9.53 Å². The van der Waals surface area contributed by atoms with Crippen molar-refractivity contribution in [2.45, 2.75) is 19.9 Å². The first-order chi connectivity index (χ1) is 6.59. The van der Waals surface area contributed by atoms with E-state index in [1.54, 1.807) is 0 Å². The summed E-state index contributed by atoms with van der Waals surface area (Å²) >= 11 is 2.25. The molecular formula is C9H13IN2O2-. The largest absolute Gasteiger partial charge is 0.699 e. The number of hydrogen-bond donors (Lipinski definition) is 0. The number of fused-ring (bicyclic) bond motifs is 1. The standard InChI is InChI=1S/C9H13IN2O2/c1-6-7(2)14-9(13)8-5-11(10)3-4-12(6)8/h8H,3-5H2,1-2H3/q-1. The number of esters is 1. The Morgan fingerprint density at radius 2 is 2.14 bits per heavy atom. The Kier molecular flexibility index (Phi) is 2.70. The SMILES string of the molecule is CC1=C(C)N2CCN([I-])CC2C(=O)O1. The second-order valence-electron chi connectivity index (χ2n) is 3.64. The molecule has 79 valence electrons. The highest BCUT2D eigenvalue weighted by molar-refractivity contribution is 5.78. The van der Waals surface area contributed by atoms with Gasteiger partial charge in [0, 0.05) is 18.8 Å². The molecule has 0 spiro atoms. The van der Waals surface area contributed by atoms with E-state index in [1.165, 1.54) is 0 Å². The highest BCUT2D eigenvalue weighted by atomic mass is 127. The first kappa shape index (κ1) is 10.2. The third-order valence-corrected chi connectivity index (χ3v) is 3.67. The average Bonchev–Trinajstić information content (AvgIpc) is 2.14. The molecule has 0 bridgehead atoms. The van der Waals surface area contributed by atoms with Gasteiger partial charge in [-0.05, 0) is 20.4 Å². The quantitative estimate of drug-likeness (QED) is 0.276. The zero-order valence-corrected chi connectivity index (χ0v) is 10.4. The fourth-order valence-electron chi connectivity index (χ4n) is 1.85. The number of piperazine rings is 1. The second kappa shape index (κ2) is 3.69. The van der Waals surface area contributed by atoms with Gasteiger partial charge >= 0.3 is 5.97 Å². The van der Waals surface area contributed by atoms with Crippen molar-refractivity contribution in [2.75, 3.05) is 19.6 Å². The number of carbonyl (C=O) groups is 1. The van der Waals surface area contributed by atoms with Crippen LogP contribution < -0.4 is 22.9 Å². The number of allylic oxidation sites excluding steroid dienone is 2. The van der Waals surface area contributed by atoms with Crippen LogP contribution in [0.3, 0.4) is 0 Å². The minimum Gasteiger partial charge on any atom is -0.699 e. The minimum atomic E-state index is -0.116. The van der Waals surface area contributed by atoms with Crippen molar-refractivity contribution >= 4 is 5.97 Å². The molecule has 1 fully saturated rings. The number of rotatable bonds is 0. The summed E-state index contributed by atoms with van der Waals surface area (Å²) in [6.07, 6.45) is 0. The number of halogens is 1. The summed E-state index contributed by atoms with van der Waals surface area (Å²) in [6.45, 7) is 6.52. The predicted molar refractivity (Wildman–Crippen MR) is 46.5 cm³/mol. The molecule has 1 radical (unpaired) electrons. The number of cyclic esters (lactones) is 1. The van der Waals surface area contributed by atoms with Crippen molar-refractivity contribution in [3.63, 3.8) is 0 Å². The zero-order valence-electron chi connectivity index (χ0n) is 8.29. The Morgan fingerprint density at radius 3 is 2.86 bits per heavy atom. The molecule has 1 unspecified atom stereocenters. The molecular weight excluding hydrogens is 295 g/mol. The molecule has 2 aliphatic heterocycles. The monoisotopic (exact) mass is 308 g/mol. The van der Waals surface area contributed by atoms with Gasteiger partial charge in [0.25, 0.3) is 0 Å². The first-order valence-corrected chi connectivity index (χ1v) is 5.62. The third-order valence-electron chi connectivity index (χ3n) is 2.80. The Morgan fingerprint density at radius 1 is 1.43 bits per heavy atom. The molecule has 14 heavy (non-hydrogen) atoms. The van der Waals surface area contributed by atoms with E-state index >= 15 is 0 Å². The molecule has 2 heterocycles. The lowest BCUT2D eigenvalue weighted by Gasteiger charge is -2.47. The van der Waals surface area contributed by atoms with E-state index in [-0.39, 0.29) is 12.0 Å². The van der Waals surface area contributed by atoms with Crippen LogP contribution in [0.1, 0.15) is 13.8 Å². The molecule has 2 rings (SSSR count). The lowest BCUT2D eigenvalue weighted by molar-refractivity contribution is -0.579. The molecule has 0 aromatic carbocycles. The lowest BCUT2D eigenvalue weighted by atomic mass is 10.1. The fraction of sp³-hybridized carbons (Fsp3) is 0.667. The Bertz CT molecular complexity index is 303. The third kappa shape index (κ3) is 1.63. The molecule has 5 heteroatoms. The van der Waals surface area contributed by atoms with Crippen LogP contribution >= 0.6 is 0 Å². The van der Waals surface area contributed by atoms with Gasteiger partial charge in [-0.15, -0.1) is 0 Å². The van der Waals surface area contributed by atoms with Gasteiger partial charge in [0.05, 0.1) is 0 Å². The molecule has 1 atom stereocenters. The maximum absolute atomic E-state index is 11.6. The van der Waals surface area contributed by atoms with E-state index < -0.39 is 0 Å². The molecule has 1 saturated heterocycles. The Balaban J connectivity index is 2.26. The molecule has 0 aliphatic carbocycles. The van der Waals surface area contributed by atoms with Gasteiger partial charge < -0.3 is 35.6 Å². The number of nitrogens with zero attached hydrogens (tertiary/aromatic N) is 2. The van der Waals surface area contributed by atoms with Crippen LogP contribution in [-0.4, -0.2) is 39.7 Å². The van der Waals surface area contributed by atoms with Gasteiger partial charge in [-0.1, -0.05) is 0 Å². The maximum Gasteiger partial charge on any atom is 0.335 e. The van der Waals surface area contributed by atoms with E-state index in [1.807, 2.05) is 13.8 Å². The summed E-state index contributed by atoms with van der Waals surface area (Å²) in [5.41, 5.74) is 1.10. The molecule has 0 amide bonds. The molecule has 0 saturated carbocycles. The highest BCUT2D eigenvalue weighted by Crippen LogP contribution is 2.23. The van der Waals surface area contributed by atoms with Gasteiger partial charge in [0.2, 0.25) is 0 Å². The van der Waals surface area contributed by atoms with Gasteiger partial charge in [-0.2, -0.15) is 0 Å². The summed E-state index contributed by atoms with van der Waals surface area (Å²) in [5.74, 6) is 0.627. The van der Waals surface area contributed by atoms with E-state index in [0.29, 0.717) is 0 Å². The summed E-state index contributed by atoms with van der Waals surface area (Å²) in [5, 5.41) is 0. The van der Waals surface area contributed by atoms with Gasteiger partial charge in [0.15, 0.2) is 0 Å². The van der Waals surface area contributed by atoms with Crippen LogP contribution in [0, 0.1) is 0 Å². The average molecular weight is 308 g/mol. The van der Waals surface area contributed by atoms with Crippen LogP contribution in [0.25, 0.3) is 0 Å². The normalized spacial score (nSPS) is 28.9. The predicted octanol–water partition coefficient (Wildman–Crippen LogP) is -2.75. The summed E-state index contributed by atoms with van der Waals surface area (Å²) < 4.78 is 7.32. The van der Waals surface area contributed by atoms with Crippen LogP contribution in [0.4, 0.5) is 0 Å². The summed E-state index contributed by atoms with van der Waals surface area (Å²) in [4.78, 5) is 13.8. The van der Waals surface area contributed by atoms with E-state index in [9.17, 15) is 4.79 Å². The maximum atomic E-state index is 11.6. The van der Waals surface area contributed by atoms with Crippen molar-refractivity contribution < 1.29 is 32.4 Å². The van der Waals surface area contributed by atoms with Crippen molar-refractivity contribution in [3.8, 4) is 0 Å². The number of carbonyl (C=O) groups excluding carboxylic acids is 1. The van der Waals surface area contributed by atoms with E-state index in [2.05, 4.69) is 30.9 Å². The smallest absolute Gasteiger partial charge is 0.335 e. The summed E-state index contributed by atoms with van der Waals surface area (Å²) in [7, 11) is 0. The molecule has 4 nitrogen and oxygen atoms in total. The van der Waals surface area contributed by atoms with Crippen molar-refractivity contribution in [3.05, 3.63) is 11.5 Å². The van der Waals surface area contributed by atoms with Crippen molar-refractivity contribution in [1.29, 1.82) is 0 Å². The first-order valence-electron chi connectivity index (χ1n) is 4.66.